The largest absolute Gasteiger partial charge is 0.375 e. The van der Waals surface area contributed by atoms with E-state index in [1.165, 1.54) is 24.3 Å². The van der Waals surface area contributed by atoms with Crippen molar-refractivity contribution in [1.29, 1.82) is 0 Å². The van der Waals surface area contributed by atoms with Gasteiger partial charge in [0.15, 0.2) is 0 Å². The van der Waals surface area contributed by atoms with Crippen LogP contribution in [0.2, 0.25) is 0 Å². The number of fused-ring (bicyclic) bond motifs is 1. The summed E-state index contributed by atoms with van der Waals surface area (Å²) in [5.41, 5.74) is 1.000. The predicted molar refractivity (Wildman–Crippen MR) is 74.2 cm³/mol. The average molecular weight is 287 g/mol. The number of halogens is 1. The molecule has 0 radical (unpaired) electrons. The van der Waals surface area contributed by atoms with Gasteiger partial charge in [0.2, 0.25) is 0 Å². The molecule has 1 aliphatic heterocycles. The van der Waals surface area contributed by atoms with Gasteiger partial charge in [0.25, 0.3) is 0 Å². The SMILES string of the molecule is CC(c1nc(CCl)cs1)N1CCOC2CCCC21. The third-order valence-corrected chi connectivity index (χ3v) is 5.42. The smallest absolute Gasteiger partial charge is 0.110 e. The molecule has 3 rings (SSSR count). The summed E-state index contributed by atoms with van der Waals surface area (Å²) in [5.74, 6) is 0.512. The zero-order valence-corrected chi connectivity index (χ0v) is 12.2. The van der Waals surface area contributed by atoms with Crippen LogP contribution in [0.25, 0.3) is 0 Å². The fourth-order valence-corrected chi connectivity index (χ4v) is 4.28. The van der Waals surface area contributed by atoms with Crippen molar-refractivity contribution in [3.8, 4) is 0 Å². The molecule has 1 saturated heterocycles. The number of nitrogens with zero attached hydrogens (tertiary/aromatic N) is 2. The van der Waals surface area contributed by atoms with Gasteiger partial charge in [0, 0.05) is 18.0 Å². The van der Waals surface area contributed by atoms with E-state index in [4.69, 9.17) is 16.3 Å². The Balaban J connectivity index is 1.76. The van der Waals surface area contributed by atoms with Crippen LogP contribution >= 0.6 is 22.9 Å². The predicted octanol–water partition coefficient (Wildman–Crippen LogP) is 3.20. The highest BCUT2D eigenvalue weighted by atomic mass is 35.5. The van der Waals surface area contributed by atoms with Crippen LogP contribution in [0.3, 0.4) is 0 Å². The summed E-state index contributed by atoms with van der Waals surface area (Å²) in [6.45, 7) is 4.15. The van der Waals surface area contributed by atoms with Crippen LogP contribution in [0.15, 0.2) is 5.38 Å². The third-order valence-electron chi connectivity index (χ3n) is 4.09. The lowest BCUT2D eigenvalue weighted by molar-refractivity contribution is -0.0698. The van der Waals surface area contributed by atoms with Gasteiger partial charge in [0.1, 0.15) is 5.01 Å². The van der Waals surface area contributed by atoms with E-state index in [9.17, 15) is 0 Å². The zero-order chi connectivity index (χ0) is 12.5. The van der Waals surface area contributed by atoms with E-state index >= 15 is 0 Å². The van der Waals surface area contributed by atoms with Crippen LogP contribution in [0.1, 0.15) is 42.9 Å². The Bertz CT molecular complexity index is 411. The summed E-state index contributed by atoms with van der Waals surface area (Å²) >= 11 is 7.56. The Hall–Kier alpha value is -0.160. The summed E-state index contributed by atoms with van der Waals surface area (Å²) in [7, 11) is 0. The Morgan fingerprint density at radius 3 is 3.28 bits per heavy atom. The van der Waals surface area contributed by atoms with Crippen LogP contribution in [0.5, 0.6) is 0 Å². The molecule has 1 aromatic heterocycles. The van der Waals surface area contributed by atoms with E-state index < -0.39 is 0 Å². The molecular weight excluding hydrogens is 268 g/mol. The van der Waals surface area contributed by atoms with Gasteiger partial charge in [-0.25, -0.2) is 4.98 Å². The molecule has 2 fully saturated rings. The number of morpholine rings is 1. The minimum absolute atomic E-state index is 0.390. The van der Waals surface area contributed by atoms with Crippen molar-refractivity contribution in [2.24, 2.45) is 0 Å². The van der Waals surface area contributed by atoms with E-state index in [1.807, 2.05) is 0 Å². The number of thiazole rings is 1. The van der Waals surface area contributed by atoms with E-state index in [-0.39, 0.29) is 0 Å². The second-order valence-electron chi connectivity index (χ2n) is 5.13. The fraction of sp³-hybridized carbons (Fsp3) is 0.769. The Labute approximate surface area is 117 Å². The third kappa shape index (κ3) is 2.31. The summed E-state index contributed by atoms with van der Waals surface area (Å²) < 4.78 is 5.86. The maximum atomic E-state index is 5.86. The number of hydrogen-bond donors (Lipinski definition) is 0. The standard InChI is InChI=1S/C13H19ClN2OS/c1-9(13-15-10(7-14)8-18-13)16-5-6-17-12-4-2-3-11(12)16/h8-9,11-12H,2-7H2,1H3. The van der Waals surface area contributed by atoms with E-state index in [1.54, 1.807) is 11.3 Å². The molecule has 0 aromatic carbocycles. The summed E-state index contributed by atoms with van der Waals surface area (Å²) in [4.78, 5) is 7.20. The molecular formula is C13H19ClN2OS. The summed E-state index contributed by atoms with van der Waals surface area (Å²) in [6, 6.07) is 0.985. The molecule has 5 heteroatoms. The number of ether oxygens (including phenoxy) is 1. The molecule has 0 spiro atoms. The van der Waals surface area contributed by atoms with Gasteiger partial charge in [-0.1, -0.05) is 0 Å². The first-order chi connectivity index (χ1) is 8.79. The Morgan fingerprint density at radius 2 is 2.50 bits per heavy atom. The number of hydrogen-bond acceptors (Lipinski definition) is 4. The van der Waals surface area contributed by atoms with Crippen molar-refractivity contribution in [2.45, 2.75) is 50.3 Å². The van der Waals surface area contributed by atoms with Crippen molar-refractivity contribution in [3.63, 3.8) is 0 Å². The zero-order valence-electron chi connectivity index (χ0n) is 10.6. The molecule has 0 amide bonds. The Morgan fingerprint density at radius 1 is 1.61 bits per heavy atom. The topological polar surface area (TPSA) is 25.4 Å². The molecule has 1 aliphatic carbocycles. The molecule has 3 atom stereocenters. The van der Waals surface area contributed by atoms with Gasteiger partial charge in [-0.3, -0.25) is 4.90 Å². The van der Waals surface area contributed by atoms with E-state index in [2.05, 4.69) is 22.2 Å². The average Bonchev–Trinajstić information content (AvgIpc) is 3.05. The van der Waals surface area contributed by atoms with Gasteiger partial charge in [-0.2, -0.15) is 0 Å². The minimum Gasteiger partial charge on any atom is -0.375 e. The van der Waals surface area contributed by atoms with Crippen LogP contribution in [0, 0.1) is 0 Å². The highest BCUT2D eigenvalue weighted by Gasteiger charge is 2.38. The van der Waals surface area contributed by atoms with E-state index in [0.717, 1.165) is 18.8 Å². The monoisotopic (exact) mass is 286 g/mol. The minimum atomic E-state index is 0.390. The van der Waals surface area contributed by atoms with Crippen LogP contribution in [-0.4, -0.2) is 35.2 Å². The summed E-state index contributed by atoms with van der Waals surface area (Å²) in [6.07, 6.45) is 4.23. The van der Waals surface area contributed by atoms with Crippen molar-refractivity contribution < 1.29 is 4.74 Å². The lowest BCUT2D eigenvalue weighted by atomic mass is 10.1. The molecule has 18 heavy (non-hydrogen) atoms. The number of alkyl halides is 1. The highest BCUT2D eigenvalue weighted by molar-refractivity contribution is 7.09. The molecule has 3 nitrogen and oxygen atoms in total. The van der Waals surface area contributed by atoms with Crippen LogP contribution in [-0.2, 0) is 10.6 Å². The van der Waals surface area contributed by atoms with Gasteiger partial charge in [-0.05, 0) is 26.2 Å². The van der Waals surface area contributed by atoms with Crippen molar-refractivity contribution in [2.75, 3.05) is 13.2 Å². The van der Waals surface area contributed by atoms with Gasteiger partial charge in [-0.15, -0.1) is 22.9 Å². The lowest BCUT2D eigenvalue weighted by Crippen LogP contribution is -2.49. The van der Waals surface area contributed by atoms with Gasteiger partial charge < -0.3 is 4.74 Å². The van der Waals surface area contributed by atoms with Crippen LogP contribution in [0.4, 0.5) is 0 Å². The van der Waals surface area contributed by atoms with Crippen molar-refractivity contribution in [3.05, 3.63) is 16.1 Å². The van der Waals surface area contributed by atoms with E-state index in [0.29, 0.717) is 24.1 Å². The first kappa shape index (κ1) is 12.9. The molecule has 2 aliphatic rings. The first-order valence-corrected chi connectivity index (χ1v) is 8.08. The first-order valence-electron chi connectivity index (χ1n) is 6.67. The second kappa shape index (κ2) is 5.45. The molecule has 3 unspecified atom stereocenters. The molecule has 0 bridgehead atoms. The Kier molecular flexibility index (Phi) is 3.89. The quantitative estimate of drug-likeness (QED) is 0.798. The normalized spacial score (nSPS) is 30.3. The van der Waals surface area contributed by atoms with Crippen molar-refractivity contribution in [1.82, 2.24) is 9.88 Å². The maximum absolute atomic E-state index is 5.86. The molecule has 2 heterocycles. The fourth-order valence-electron chi connectivity index (χ4n) is 3.15. The lowest BCUT2D eigenvalue weighted by Gasteiger charge is -2.40. The molecule has 100 valence electrons. The van der Waals surface area contributed by atoms with Crippen LogP contribution < -0.4 is 0 Å². The number of rotatable bonds is 3. The molecule has 0 N–H and O–H groups in total. The summed E-state index contributed by atoms with van der Waals surface area (Å²) in [5, 5.41) is 3.27. The van der Waals surface area contributed by atoms with Crippen molar-refractivity contribution >= 4 is 22.9 Å². The molecule has 1 saturated carbocycles. The number of aromatic nitrogens is 1. The molecule has 1 aromatic rings. The second-order valence-corrected chi connectivity index (χ2v) is 6.29. The highest BCUT2D eigenvalue weighted by Crippen LogP contribution is 2.35. The van der Waals surface area contributed by atoms with Gasteiger partial charge >= 0.3 is 0 Å². The maximum Gasteiger partial charge on any atom is 0.110 e. The van der Waals surface area contributed by atoms with Gasteiger partial charge in [0.05, 0.1) is 30.3 Å².